The van der Waals surface area contributed by atoms with Crippen LogP contribution < -0.4 is 11.1 Å². The molecule has 1 atom stereocenters. The van der Waals surface area contributed by atoms with E-state index >= 15 is 0 Å². The molecule has 0 aliphatic rings. The predicted molar refractivity (Wildman–Crippen MR) is 68.1 cm³/mol. The van der Waals surface area contributed by atoms with E-state index in [1.807, 2.05) is 14.0 Å². The van der Waals surface area contributed by atoms with Crippen molar-refractivity contribution in [2.24, 2.45) is 7.05 Å². The third kappa shape index (κ3) is 2.33. The minimum absolute atomic E-state index is 0.197. The molecule has 0 aliphatic heterocycles. The summed E-state index contributed by atoms with van der Waals surface area (Å²) in [6, 6.07) is -0.229. The Morgan fingerprint density at radius 2 is 2.33 bits per heavy atom. The van der Waals surface area contributed by atoms with Crippen LogP contribution in [0.1, 0.15) is 34.2 Å². The number of aryl methyl sites for hydroxylation is 2. The van der Waals surface area contributed by atoms with Crippen molar-refractivity contribution in [3.05, 3.63) is 22.7 Å². The Kier molecular flexibility index (Phi) is 3.28. The van der Waals surface area contributed by atoms with E-state index in [0.717, 1.165) is 0 Å². The van der Waals surface area contributed by atoms with Gasteiger partial charge in [0.15, 0.2) is 11.0 Å². The quantitative estimate of drug-likeness (QED) is 0.850. The molecule has 0 bridgehead atoms. The van der Waals surface area contributed by atoms with Crippen molar-refractivity contribution in [2.75, 3.05) is 5.73 Å². The lowest BCUT2D eigenvalue weighted by atomic mass is 10.3. The first-order valence-electron chi connectivity index (χ1n) is 5.36. The van der Waals surface area contributed by atoms with Gasteiger partial charge in [0.1, 0.15) is 11.2 Å². The van der Waals surface area contributed by atoms with E-state index in [1.54, 1.807) is 17.8 Å². The van der Waals surface area contributed by atoms with E-state index in [4.69, 9.17) is 5.73 Å². The molecule has 2 aromatic heterocycles. The highest BCUT2D eigenvalue weighted by Gasteiger charge is 2.19. The van der Waals surface area contributed by atoms with Crippen molar-refractivity contribution in [1.29, 1.82) is 0 Å². The molecule has 1 unspecified atom stereocenters. The molecule has 7 nitrogen and oxygen atoms in total. The van der Waals surface area contributed by atoms with Gasteiger partial charge in [0.05, 0.1) is 11.7 Å². The lowest BCUT2D eigenvalue weighted by Crippen LogP contribution is -2.28. The minimum atomic E-state index is -0.229. The summed E-state index contributed by atoms with van der Waals surface area (Å²) in [6.45, 7) is 3.61. The maximum atomic E-state index is 12.0. The number of nitrogens with two attached hydrogens (primary N) is 1. The van der Waals surface area contributed by atoms with Crippen LogP contribution in [0, 0.1) is 6.92 Å². The van der Waals surface area contributed by atoms with Crippen molar-refractivity contribution < 1.29 is 4.79 Å². The molecular weight excluding hydrogens is 252 g/mol. The standard InChI is InChI=1S/C10H14N6OS/c1-5-7(18-10(11)14-5)9(17)13-6(2)8-15-12-4-16(8)3/h4,6H,1-3H3,(H2,11,14)(H,13,17). The molecule has 0 spiro atoms. The average Bonchev–Trinajstić information content (AvgIpc) is 2.84. The van der Waals surface area contributed by atoms with Crippen molar-refractivity contribution in [1.82, 2.24) is 25.1 Å². The molecule has 8 heteroatoms. The number of aromatic nitrogens is 4. The molecule has 96 valence electrons. The number of carbonyl (C=O) groups is 1. The van der Waals surface area contributed by atoms with Gasteiger partial charge in [-0.15, -0.1) is 10.2 Å². The second-order valence-corrected chi connectivity index (χ2v) is 4.99. The molecule has 3 N–H and O–H groups in total. The molecule has 0 fully saturated rings. The Morgan fingerprint density at radius 3 is 2.83 bits per heavy atom. The van der Waals surface area contributed by atoms with E-state index < -0.39 is 0 Å². The Labute approximate surface area is 108 Å². The minimum Gasteiger partial charge on any atom is -0.375 e. The Hall–Kier alpha value is -1.96. The van der Waals surface area contributed by atoms with Crippen LogP contribution in [-0.2, 0) is 7.05 Å². The summed E-state index contributed by atoms with van der Waals surface area (Å²) in [7, 11) is 1.83. The van der Waals surface area contributed by atoms with Gasteiger partial charge in [-0.05, 0) is 13.8 Å². The second kappa shape index (κ2) is 4.73. The molecule has 2 heterocycles. The summed E-state index contributed by atoms with van der Waals surface area (Å²) in [5.74, 6) is 0.496. The van der Waals surface area contributed by atoms with Gasteiger partial charge in [0, 0.05) is 7.05 Å². The van der Waals surface area contributed by atoms with Gasteiger partial charge in [-0.2, -0.15) is 0 Å². The van der Waals surface area contributed by atoms with Crippen LogP contribution in [0.3, 0.4) is 0 Å². The van der Waals surface area contributed by atoms with Crippen molar-refractivity contribution in [3.8, 4) is 0 Å². The molecule has 0 aromatic carbocycles. The lowest BCUT2D eigenvalue weighted by molar-refractivity contribution is 0.0941. The van der Waals surface area contributed by atoms with Crippen LogP contribution >= 0.6 is 11.3 Å². The summed E-state index contributed by atoms with van der Waals surface area (Å²) in [5, 5.41) is 11.0. The first-order chi connectivity index (χ1) is 8.49. The maximum Gasteiger partial charge on any atom is 0.263 e. The van der Waals surface area contributed by atoms with Gasteiger partial charge in [0.2, 0.25) is 0 Å². The number of carbonyl (C=O) groups excluding carboxylic acids is 1. The molecule has 2 aromatic rings. The van der Waals surface area contributed by atoms with Crippen LogP contribution in [0.2, 0.25) is 0 Å². The number of anilines is 1. The third-order valence-electron chi connectivity index (χ3n) is 2.50. The summed E-state index contributed by atoms with van der Waals surface area (Å²) < 4.78 is 1.76. The van der Waals surface area contributed by atoms with E-state index in [9.17, 15) is 4.79 Å². The monoisotopic (exact) mass is 266 g/mol. The average molecular weight is 266 g/mol. The van der Waals surface area contributed by atoms with Crippen molar-refractivity contribution in [3.63, 3.8) is 0 Å². The van der Waals surface area contributed by atoms with Gasteiger partial charge in [0.25, 0.3) is 5.91 Å². The number of amides is 1. The Bertz CT molecular complexity index is 575. The normalized spacial score (nSPS) is 12.4. The molecule has 0 saturated heterocycles. The topological polar surface area (TPSA) is 98.7 Å². The lowest BCUT2D eigenvalue weighted by Gasteiger charge is -2.12. The second-order valence-electron chi connectivity index (χ2n) is 3.96. The summed E-state index contributed by atoms with van der Waals surface area (Å²) >= 11 is 1.18. The van der Waals surface area contributed by atoms with Crippen LogP contribution in [0.25, 0.3) is 0 Å². The molecule has 2 rings (SSSR count). The number of thiazole rings is 1. The zero-order valence-corrected chi connectivity index (χ0v) is 11.2. The van der Waals surface area contributed by atoms with Gasteiger partial charge < -0.3 is 15.6 Å². The number of nitrogens with one attached hydrogen (secondary N) is 1. The molecule has 1 amide bonds. The fourth-order valence-corrected chi connectivity index (χ4v) is 2.38. The number of hydrogen-bond acceptors (Lipinski definition) is 6. The molecule has 0 aliphatic carbocycles. The van der Waals surface area contributed by atoms with Crippen LogP contribution in [-0.4, -0.2) is 25.7 Å². The smallest absolute Gasteiger partial charge is 0.263 e. The summed E-state index contributed by atoms with van der Waals surface area (Å²) in [4.78, 5) is 16.6. The zero-order chi connectivity index (χ0) is 13.3. The molecule has 0 radical (unpaired) electrons. The fraction of sp³-hybridized carbons (Fsp3) is 0.400. The van der Waals surface area contributed by atoms with Gasteiger partial charge in [-0.1, -0.05) is 11.3 Å². The molecule has 0 saturated carbocycles. The van der Waals surface area contributed by atoms with Crippen LogP contribution in [0.15, 0.2) is 6.33 Å². The van der Waals surface area contributed by atoms with Gasteiger partial charge in [-0.3, -0.25) is 4.79 Å². The number of nitrogens with zero attached hydrogens (tertiary/aromatic N) is 4. The summed E-state index contributed by atoms with van der Waals surface area (Å²) in [5.41, 5.74) is 6.21. The highest BCUT2D eigenvalue weighted by atomic mass is 32.1. The highest BCUT2D eigenvalue weighted by molar-refractivity contribution is 7.17. The first-order valence-corrected chi connectivity index (χ1v) is 6.18. The number of rotatable bonds is 3. The first kappa shape index (κ1) is 12.5. The largest absolute Gasteiger partial charge is 0.375 e. The predicted octanol–water partition coefficient (Wildman–Crippen LogP) is 0.653. The van der Waals surface area contributed by atoms with E-state index in [1.165, 1.54) is 11.3 Å². The van der Waals surface area contributed by atoms with Crippen LogP contribution in [0.5, 0.6) is 0 Å². The maximum absolute atomic E-state index is 12.0. The van der Waals surface area contributed by atoms with E-state index in [2.05, 4.69) is 20.5 Å². The SMILES string of the molecule is Cc1nc(N)sc1C(=O)NC(C)c1nncn1C. The number of hydrogen-bond donors (Lipinski definition) is 2. The fourth-order valence-electron chi connectivity index (χ4n) is 1.64. The Morgan fingerprint density at radius 1 is 1.61 bits per heavy atom. The highest BCUT2D eigenvalue weighted by Crippen LogP contribution is 2.20. The molecular formula is C10H14N6OS. The van der Waals surface area contributed by atoms with E-state index in [-0.39, 0.29) is 11.9 Å². The van der Waals surface area contributed by atoms with Gasteiger partial charge in [-0.25, -0.2) is 4.98 Å². The van der Waals surface area contributed by atoms with Crippen molar-refractivity contribution >= 4 is 22.4 Å². The van der Waals surface area contributed by atoms with Crippen molar-refractivity contribution in [2.45, 2.75) is 19.9 Å². The van der Waals surface area contributed by atoms with Gasteiger partial charge >= 0.3 is 0 Å². The number of nitrogen functional groups attached to an aromatic ring is 1. The third-order valence-corrected chi connectivity index (χ3v) is 3.49. The Balaban J connectivity index is 2.13. The summed E-state index contributed by atoms with van der Waals surface area (Å²) in [6.07, 6.45) is 1.59. The van der Waals surface area contributed by atoms with Crippen LogP contribution in [0.4, 0.5) is 5.13 Å². The van der Waals surface area contributed by atoms with E-state index in [0.29, 0.717) is 21.5 Å². The zero-order valence-electron chi connectivity index (χ0n) is 10.3. The molecule has 18 heavy (non-hydrogen) atoms.